The smallest absolute Gasteiger partial charge is 0.307 e. The first-order valence-electron chi connectivity index (χ1n) is 5.71. The highest BCUT2D eigenvalue weighted by atomic mass is 32.2. The zero-order valence-corrected chi connectivity index (χ0v) is 12.0. The first-order chi connectivity index (χ1) is 9.20. The molecule has 0 aliphatic rings. The molecule has 0 radical (unpaired) electrons. The number of benzene rings is 1. The van der Waals surface area contributed by atoms with E-state index in [1.165, 1.54) is 7.05 Å². The fraction of sp³-hybridized carbons (Fsp3) is 0.333. The van der Waals surface area contributed by atoms with E-state index in [1.54, 1.807) is 24.3 Å². The first kappa shape index (κ1) is 16.1. The predicted molar refractivity (Wildman–Crippen MR) is 73.9 cm³/mol. The molecule has 0 aliphatic carbocycles. The van der Waals surface area contributed by atoms with E-state index in [9.17, 15) is 18.0 Å². The van der Waals surface area contributed by atoms with E-state index in [1.807, 2.05) is 0 Å². The maximum atomic E-state index is 11.7. The van der Waals surface area contributed by atoms with Crippen molar-refractivity contribution in [1.29, 1.82) is 0 Å². The maximum Gasteiger partial charge on any atom is 0.307 e. The summed E-state index contributed by atoms with van der Waals surface area (Å²) in [6.07, 6.45) is 0.775. The standard InChI is InChI=1S/C12H16N2O5S/c1-14(20(2,18)19)8-11(15)13-10-6-4-3-5-9(10)7-12(16)17/h3-6H,7-8H2,1-2H3,(H,13,15)(H,16,17). The van der Waals surface area contributed by atoms with Crippen molar-refractivity contribution >= 4 is 27.6 Å². The number of hydrogen-bond donors (Lipinski definition) is 2. The van der Waals surface area contributed by atoms with Gasteiger partial charge in [-0.25, -0.2) is 8.42 Å². The van der Waals surface area contributed by atoms with Gasteiger partial charge in [0, 0.05) is 12.7 Å². The number of sulfonamides is 1. The third kappa shape index (κ3) is 4.98. The summed E-state index contributed by atoms with van der Waals surface area (Å²) in [6.45, 7) is -0.333. The van der Waals surface area contributed by atoms with Crippen LogP contribution in [0.25, 0.3) is 0 Å². The molecule has 0 saturated carbocycles. The van der Waals surface area contributed by atoms with Crippen LogP contribution >= 0.6 is 0 Å². The first-order valence-corrected chi connectivity index (χ1v) is 7.56. The number of carboxylic acids is 1. The van der Waals surface area contributed by atoms with Crippen LogP contribution in [-0.2, 0) is 26.0 Å². The SMILES string of the molecule is CN(CC(=O)Nc1ccccc1CC(=O)O)S(C)(=O)=O. The fourth-order valence-electron chi connectivity index (χ4n) is 1.47. The highest BCUT2D eigenvalue weighted by molar-refractivity contribution is 7.88. The Labute approximate surface area is 117 Å². The van der Waals surface area contributed by atoms with Gasteiger partial charge in [-0.05, 0) is 11.6 Å². The van der Waals surface area contributed by atoms with E-state index in [0.717, 1.165) is 10.6 Å². The van der Waals surface area contributed by atoms with Crippen LogP contribution in [0.4, 0.5) is 5.69 Å². The van der Waals surface area contributed by atoms with Gasteiger partial charge in [0.05, 0.1) is 19.2 Å². The number of nitrogens with zero attached hydrogens (tertiary/aromatic N) is 1. The summed E-state index contributed by atoms with van der Waals surface area (Å²) in [6, 6.07) is 6.47. The van der Waals surface area contributed by atoms with E-state index in [0.29, 0.717) is 11.3 Å². The average Bonchev–Trinajstić information content (AvgIpc) is 2.29. The van der Waals surface area contributed by atoms with Crippen molar-refractivity contribution in [2.75, 3.05) is 25.2 Å². The maximum absolute atomic E-state index is 11.7. The van der Waals surface area contributed by atoms with Crippen molar-refractivity contribution in [2.24, 2.45) is 0 Å². The summed E-state index contributed by atoms with van der Waals surface area (Å²) in [5.41, 5.74) is 0.817. The van der Waals surface area contributed by atoms with Crippen molar-refractivity contribution in [3.63, 3.8) is 0 Å². The summed E-state index contributed by atoms with van der Waals surface area (Å²) < 4.78 is 23.3. The van der Waals surface area contributed by atoms with Crippen molar-refractivity contribution in [2.45, 2.75) is 6.42 Å². The lowest BCUT2D eigenvalue weighted by Crippen LogP contribution is -2.34. The number of carbonyl (C=O) groups excluding carboxylic acids is 1. The number of carboxylic acid groups (broad SMARTS) is 1. The Bertz CT molecular complexity index is 612. The van der Waals surface area contributed by atoms with Crippen LogP contribution in [0.2, 0.25) is 0 Å². The largest absolute Gasteiger partial charge is 0.481 e. The van der Waals surface area contributed by atoms with Gasteiger partial charge in [-0.2, -0.15) is 4.31 Å². The minimum atomic E-state index is -3.44. The average molecular weight is 300 g/mol. The molecule has 110 valence electrons. The van der Waals surface area contributed by atoms with Crippen LogP contribution in [0.5, 0.6) is 0 Å². The highest BCUT2D eigenvalue weighted by Crippen LogP contribution is 2.15. The van der Waals surface area contributed by atoms with E-state index in [2.05, 4.69) is 5.32 Å². The monoisotopic (exact) mass is 300 g/mol. The molecular weight excluding hydrogens is 284 g/mol. The number of amides is 1. The predicted octanol–water partition coefficient (Wildman–Crippen LogP) is 0.144. The van der Waals surface area contributed by atoms with Gasteiger partial charge in [-0.1, -0.05) is 18.2 Å². The van der Waals surface area contributed by atoms with Crippen LogP contribution in [-0.4, -0.2) is 49.6 Å². The lowest BCUT2D eigenvalue weighted by atomic mass is 10.1. The molecule has 8 heteroatoms. The zero-order chi connectivity index (χ0) is 15.3. The van der Waals surface area contributed by atoms with Gasteiger partial charge >= 0.3 is 5.97 Å². The third-order valence-electron chi connectivity index (χ3n) is 2.57. The minimum absolute atomic E-state index is 0.224. The Morgan fingerprint density at radius 2 is 1.90 bits per heavy atom. The van der Waals surface area contributed by atoms with Crippen molar-refractivity contribution < 1.29 is 23.1 Å². The summed E-state index contributed by atoms with van der Waals surface area (Å²) in [7, 11) is -2.15. The molecule has 0 atom stereocenters. The topological polar surface area (TPSA) is 104 Å². The van der Waals surface area contributed by atoms with Crippen LogP contribution in [0.3, 0.4) is 0 Å². The summed E-state index contributed by atoms with van der Waals surface area (Å²) in [5, 5.41) is 11.3. The minimum Gasteiger partial charge on any atom is -0.481 e. The number of aliphatic carboxylic acids is 1. The Kier molecular flexibility index (Phi) is 5.23. The second-order valence-corrected chi connectivity index (χ2v) is 6.38. The summed E-state index contributed by atoms with van der Waals surface area (Å²) in [4.78, 5) is 22.5. The molecule has 2 N–H and O–H groups in total. The molecule has 0 heterocycles. The number of hydrogen-bond acceptors (Lipinski definition) is 4. The summed E-state index contributed by atoms with van der Waals surface area (Å²) >= 11 is 0. The van der Waals surface area contributed by atoms with Crippen LogP contribution in [0, 0.1) is 0 Å². The van der Waals surface area contributed by atoms with E-state index < -0.39 is 21.9 Å². The van der Waals surface area contributed by atoms with Crippen LogP contribution in [0.15, 0.2) is 24.3 Å². The summed E-state index contributed by atoms with van der Waals surface area (Å²) in [5.74, 6) is -1.55. The van der Waals surface area contributed by atoms with Gasteiger partial charge in [0.2, 0.25) is 15.9 Å². The van der Waals surface area contributed by atoms with Crippen molar-refractivity contribution in [3.8, 4) is 0 Å². The molecule has 0 aliphatic heterocycles. The number of para-hydroxylation sites is 1. The highest BCUT2D eigenvalue weighted by Gasteiger charge is 2.16. The Hall–Kier alpha value is -1.93. The molecule has 0 bridgehead atoms. The van der Waals surface area contributed by atoms with Gasteiger partial charge in [0.25, 0.3) is 0 Å². The number of rotatable bonds is 6. The number of carbonyl (C=O) groups is 2. The van der Waals surface area contributed by atoms with Crippen molar-refractivity contribution in [1.82, 2.24) is 4.31 Å². The van der Waals surface area contributed by atoms with E-state index in [4.69, 9.17) is 5.11 Å². The quantitative estimate of drug-likeness (QED) is 0.778. The van der Waals surface area contributed by atoms with Crippen molar-refractivity contribution in [3.05, 3.63) is 29.8 Å². The van der Waals surface area contributed by atoms with Gasteiger partial charge in [-0.3, -0.25) is 9.59 Å². The molecule has 20 heavy (non-hydrogen) atoms. The Morgan fingerprint density at radius 3 is 2.45 bits per heavy atom. The molecule has 0 fully saturated rings. The molecule has 0 aromatic heterocycles. The zero-order valence-electron chi connectivity index (χ0n) is 11.2. The number of nitrogens with one attached hydrogen (secondary N) is 1. The van der Waals surface area contributed by atoms with Crippen LogP contribution in [0.1, 0.15) is 5.56 Å². The third-order valence-corrected chi connectivity index (χ3v) is 3.83. The molecule has 1 rings (SSSR count). The Morgan fingerprint density at radius 1 is 1.30 bits per heavy atom. The molecule has 1 amide bonds. The molecule has 0 spiro atoms. The molecule has 0 unspecified atom stereocenters. The normalized spacial score (nSPS) is 11.3. The fourth-order valence-corrected chi connectivity index (χ4v) is 1.82. The molecule has 0 saturated heterocycles. The second-order valence-electron chi connectivity index (χ2n) is 4.29. The lowest BCUT2D eigenvalue weighted by molar-refractivity contribution is -0.136. The lowest BCUT2D eigenvalue weighted by Gasteiger charge is -2.15. The van der Waals surface area contributed by atoms with Gasteiger partial charge in [-0.15, -0.1) is 0 Å². The number of likely N-dealkylation sites (N-methyl/N-ethyl adjacent to an activating group) is 1. The number of anilines is 1. The van der Waals surface area contributed by atoms with Gasteiger partial charge in [0.15, 0.2) is 0 Å². The molecule has 1 aromatic rings. The Balaban J connectivity index is 2.78. The molecule has 1 aromatic carbocycles. The van der Waals surface area contributed by atoms with Gasteiger partial charge < -0.3 is 10.4 Å². The van der Waals surface area contributed by atoms with E-state index in [-0.39, 0.29) is 13.0 Å². The van der Waals surface area contributed by atoms with Gasteiger partial charge in [0.1, 0.15) is 0 Å². The second kappa shape index (κ2) is 6.49. The molecular formula is C12H16N2O5S. The van der Waals surface area contributed by atoms with E-state index >= 15 is 0 Å². The molecule has 7 nitrogen and oxygen atoms in total. The van der Waals surface area contributed by atoms with Crippen LogP contribution < -0.4 is 5.32 Å².